The van der Waals surface area contributed by atoms with Crippen LogP contribution >= 0.6 is 0 Å². The minimum atomic E-state index is 0.410. The number of pyridine rings is 1. The van der Waals surface area contributed by atoms with Crippen LogP contribution in [0.4, 0.5) is 5.95 Å². The lowest BCUT2D eigenvalue weighted by atomic mass is 9.92. The highest BCUT2D eigenvalue weighted by Gasteiger charge is 2.46. The number of nitrogens with zero attached hydrogens (tertiary/aromatic N) is 3. The summed E-state index contributed by atoms with van der Waals surface area (Å²) in [4.78, 5) is 8.99. The van der Waals surface area contributed by atoms with Gasteiger partial charge in [0.2, 0.25) is 5.95 Å². The predicted molar refractivity (Wildman–Crippen MR) is 73.2 cm³/mol. The van der Waals surface area contributed by atoms with Crippen molar-refractivity contribution in [3.63, 3.8) is 0 Å². The van der Waals surface area contributed by atoms with Crippen molar-refractivity contribution >= 4 is 17.1 Å². The molecule has 0 spiro atoms. The molecule has 0 aromatic carbocycles. The molecule has 0 amide bonds. The van der Waals surface area contributed by atoms with Gasteiger partial charge < -0.3 is 5.73 Å². The Morgan fingerprint density at radius 2 is 2.06 bits per heavy atom. The summed E-state index contributed by atoms with van der Waals surface area (Å²) in [6.45, 7) is 7.54. The fraction of sp³-hybridized carbons (Fsp3) is 0.571. The summed E-state index contributed by atoms with van der Waals surface area (Å²) in [5.74, 6) is 1.27. The van der Waals surface area contributed by atoms with E-state index in [0.29, 0.717) is 17.3 Å². The van der Waals surface area contributed by atoms with Gasteiger partial charge in [-0.1, -0.05) is 13.8 Å². The van der Waals surface area contributed by atoms with Gasteiger partial charge in [0.25, 0.3) is 0 Å². The third-order valence-corrected chi connectivity index (χ3v) is 4.35. The maximum absolute atomic E-state index is 6.05. The first-order valence-electron chi connectivity index (χ1n) is 6.61. The van der Waals surface area contributed by atoms with Gasteiger partial charge in [0.15, 0.2) is 5.65 Å². The molecule has 1 aliphatic rings. The van der Waals surface area contributed by atoms with Crippen LogP contribution in [0.25, 0.3) is 11.2 Å². The Balaban J connectivity index is 2.06. The second kappa shape index (κ2) is 3.70. The van der Waals surface area contributed by atoms with Crippen LogP contribution < -0.4 is 5.73 Å². The summed E-state index contributed by atoms with van der Waals surface area (Å²) in [6, 6.07) is 3.98. The number of aromatic nitrogens is 3. The molecule has 0 aliphatic heterocycles. The maximum atomic E-state index is 6.05. The first-order valence-corrected chi connectivity index (χ1v) is 6.61. The fourth-order valence-electron chi connectivity index (χ4n) is 2.66. The maximum Gasteiger partial charge on any atom is 0.202 e. The lowest BCUT2D eigenvalue weighted by molar-refractivity contribution is 0.313. The van der Waals surface area contributed by atoms with E-state index in [4.69, 9.17) is 5.73 Å². The second-order valence-electron chi connectivity index (χ2n) is 5.87. The average molecular weight is 244 g/mol. The number of hydrogen-bond acceptors (Lipinski definition) is 3. The molecule has 0 unspecified atom stereocenters. The van der Waals surface area contributed by atoms with E-state index in [2.05, 4.69) is 28.4 Å². The molecule has 0 bridgehead atoms. The van der Waals surface area contributed by atoms with Crippen LogP contribution in [0, 0.1) is 18.3 Å². The van der Waals surface area contributed by atoms with Gasteiger partial charge in [-0.3, -0.25) is 4.57 Å². The van der Waals surface area contributed by atoms with Crippen molar-refractivity contribution in [2.75, 3.05) is 5.73 Å². The van der Waals surface area contributed by atoms with Crippen LogP contribution in [-0.2, 0) is 6.54 Å². The third kappa shape index (κ3) is 1.67. The Bertz CT molecular complexity index is 593. The van der Waals surface area contributed by atoms with Gasteiger partial charge >= 0.3 is 0 Å². The fourth-order valence-corrected chi connectivity index (χ4v) is 2.66. The van der Waals surface area contributed by atoms with Crippen LogP contribution in [0.2, 0.25) is 0 Å². The largest absolute Gasteiger partial charge is 0.369 e. The quantitative estimate of drug-likeness (QED) is 0.903. The number of nitrogen functional groups attached to an aromatic ring is 1. The molecular weight excluding hydrogens is 224 g/mol. The van der Waals surface area contributed by atoms with Crippen molar-refractivity contribution in [1.82, 2.24) is 14.5 Å². The molecule has 1 fully saturated rings. The zero-order valence-corrected chi connectivity index (χ0v) is 11.3. The van der Waals surface area contributed by atoms with Crippen LogP contribution in [-0.4, -0.2) is 14.5 Å². The second-order valence-corrected chi connectivity index (χ2v) is 5.87. The van der Waals surface area contributed by atoms with E-state index in [1.165, 1.54) is 12.8 Å². The van der Waals surface area contributed by atoms with Crippen molar-refractivity contribution in [3.8, 4) is 0 Å². The smallest absolute Gasteiger partial charge is 0.202 e. The molecule has 0 saturated heterocycles. The summed E-state index contributed by atoms with van der Waals surface area (Å²) in [6.07, 6.45) is 2.57. The minimum Gasteiger partial charge on any atom is -0.369 e. The highest BCUT2D eigenvalue weighted by Crippen LogP contribution is 2.53. The number of fused-ring (bicyclic) bond motifs is 1. The number of hydrogen-bond donors (Lipinski definition) is 1. The van der Waals surface area contributed by atoms with E-state index in [1.54, 1.807) is 0 Å². The highest BCUT2D eigenvalue weighted by atomic mass is 15.2. The molecule has 2 aromatic rings. The summed E-state index contributed by atoms with van der Waals surface area (Å²) in [5.41, 5.74) is 9.30. The topological polar surface area (TPSA) is 56.7 Å². The first-order chi connectivity index (χ1) is 8.52. The monoisotopic (exact) mass is 244 g/mol. The van der Waals surface area contributed by atoms with E-state index in [-0.39, 0.29) is 0 Å². The van der Waals surface area contributed by atoms with Gasteiger partial charge in [0.05, 0.1) is 0 Å². The van der Waals surface area contributed by atoms with Gasteiger partial charge in [-0.15, -0.1) is 0 Å². The normalized spacial score (nSPS) is 17.6. The zero-order valence-electron chi connectivity index (χ0n) is 11.3. The molecule has 3 rings (SSSR count). The molecule has 0 atom stereocenters. The lowest BCUT2D eigenvalue weighted by Gasteiger charge is -2.20. The molecule has 96 valence electrons. The van der Waals surface area contributed by atoms with Gasteiger partial charge in [-0.2, -0.15) is 0 Å². The van der Waals surface area contributed by atoms with Crippen molar-refractivity contribution in [2.45, 2.75) is 40.2 Å². The first kappa shape index (κ1) is 11.5. The van der Waals surface area contributed by atoms with E-state index < -0.39 is 0 Å². The van der Waals surface area contributed by atoms with Gasteiger partial charge in [-0.05, 0) is 43.2 Å². The van der Waals surface area contributed by atoms with Crippen molar-refractivity contribution in [2.24, 2.45) is 11.3 Å². The molecule has 1 saturated carbocycles. The number of aryl methyl sites for hydroxylation is 1. The lowest BCUT2D eigenvalue weighted by Crippen LogP contribution is -2.19. The van der Waals surface area contributed by atoms with E-state index in [0.717, 1.165) is 23.4 Å². The van der Waals surface area contributed by atoms with Crippen molar-refractivity contribution in [3.05, 3.63) is 17.8 Å². The van der Waals surface area contributed by atoms with Crippen molar-refractivity contribution in [1.29, 1.82) is 0 Å². The predicted octanol–water partition coefficient (Wildman–Crippen LogP) is 2.76. The Morgan fingerprint density at radius 3 is 2.67 bits per heavy atom. The van der Waals surface area contributed by atoms with Crippen LogP contribution in [0.1, 0.15) is 32.4 Å². The molecular formula is C14H20N4. The van der Waals surface area contributed by atoms with Gasteiger partial charge in [0.1, 0.15) is 5.52 Å². The van der Waals surface area contributed by atoms with E-state index in [9.17, 15) is 0 Å². The Morgan fingerprint density at radius 1 is 1.33 bits per heavy atom. The van der Waals surface area contributed by atoms with Gasteiger partial charge in [-0.25, -0.2) is 9.97 Å². The number of imidazole rings is 1. The van der Waals surface area contributed by atoms with Crippen molar-refractivity contribution < 1.29 is 0 Å². The summed E-state index contributed by atoms with van der Waals surface area (Å²) >= 11 is 0. The SMILES string of the molecule is Cc1ccc2nc(N)n(CC3(C(C)C)CC3)c2n1. The summed E-state index contributed by atoms with van der Waals surface area (Å²) in [5, 5.41) is 0. The molecule has 18 heavy (non-hydrogen) atoms. The van der Waals surface area contributed by atoms with E-state index in [1.807, 2.05) is 19.1 Å². The molecule has 2 N–H and O–H groups in total. The number of nitrogens with two attached hydrogens (primary N) is 1. The molecule has 2 aromatic heterocycles. The van der Waals surface area contributed by atoms with Crippen LogP contribution in [0.15, 0.2) is 12.1 Å². The molecule has 1 aliphatic carbocycles. The third-order valence-electron chi connectivity index (χ3n) is 4.35. The summed E-state index contributed by atoms with van der Waals surface area (Å²) in [7, 11) is 0. The molecule has 2 heterocycles. The van der Waals surface area contributed by atoms with E-state index >= 15 is 0 Å². The average Bonchev–Trinajstić information content (AvgIpc) is 3.03. The molecule has 4 heteroatoms. The minimum absolute atomic E-state index is 0.410. The Hall–Kier alpha value is -1.58. The Labute approximate surface area is 107 Å². The number of rotatable bonds is 3. The summed E-state index contributed by atoms with van der Waals surface area (Å²) < 4.78 is 2.09. The van der Waals surface area contributed by atoms with Gasteiger partial charge in [0, 0.05) is 12.2 Å². The standard InChI is InChI=1S/C14H20N4/c1-9(2)14(6-7-14)8-18-12-11(17-13(18)15)5-4-10(3)16-12/h4-5,9H,6-8H2,1-3H3,(H2,15,17). The molecule has 4 nitrogen and oxygen atoms in total. The number of anilines is 1. The van der Waals surface area contributed by atoms with Crippen LogP contribution in [0.3, 0.4) is 0 Å². The Kier molecular flexibility index (Phi) is 2.37. The van der Waals surface area contributed by atoms with Crippen LogP contribution in [0.5, 0.6) is 0 Å². The highest BCUT2D eigenvalue weighted by molar-refractivity contribution is 5.74. The zero-order chi connectivity index (χ0) is 12.9. The molecule has 0 radical (unpaired) electrons.